The number of halogens is 1. The number of ether oxygens (including phenoxy) is 1. The fourth-order valence-corrected chi connectivity index (χ4v) is 22.4. The van der Waals surface area contributed by atoms with Gasteiger partial charge in [0, 0.05) is 0 Å². The first kappa shape index (κ1) is 30.3. The molecule has 0 aliphatic rings. The summed E-state index contributed by atoms with van der Waals surface area (Å²) in [7, 11) is 0. The molecule has 3 aromatic rings. The molecule has 38 heavy (non-hydrogen) atoms. The molecular weight excluding hydrogens is 605 g/mol. The van der Waals surface area contributed by atoms with Crippen molar-refractivity contribution in [2.45, 2.75) is 79.2 Å². The summed E-state index contributed by atoms with van der Waals surface area (Å²) >= 11 is 3.53. The fourth-order valence-electron chi connectivity index (χ4n) is 5.36. The first-order chi connectivity index (χ1) is 18.4. The summed E-state index contributed by atoms with van der Waals surface area (Å²) in [5, 5.41) is 23.6. The van der Waals surface area contributed by atoms with Gasteiger partial charge in [0.1, 0.15) is 0 Å². The number of hydrogen-bond acceptors (Lipinski definition) is 4. The molecule has 7 heteroatoms. The number of phenols is 1. The molecule has 0 unspecified atom stereocenters. The van der Waals surface area contributed by atoms with Crippen LogP contribution >= 0.6 is 11.6 Å². The van der Waals surface area contributed by atoms with Crippen molar-refractivity contribution in [3.05, 3.63) is 81.4 Å². The number of nitrogens with zero attached hydrogens (tertiary/aromatic N) is 1. The monoisotopic (exact) mass is 645 g/mol. The molecule has 1 N–H and O–H groups in total. The van der Waals surface area contributed by atoms with Crippen LogP contribution in [0.3, 0.4) is 0 Å². The molecule has 3 rings (SSSR count). The molecule has 0 spiro atoms. The summed E-state index contributed by atoms with van der Waals surface area (Å²) < 4.78 is 10.9. The third-order valence-corrected chi connectivity index (χ3v) is 23.3. The van der Waals surface area contributed by atoms with Crippen LogP contribution in [0, 0.1) is 10.1 Å². The molecule has 0 amide bonds. The van der Waals surface area contributed by atoms with E-state index in [1.54, 1.807) is 18.2 Å². The van der Waals surface area contributed by atoms with E-state index in [9.17, 15) is 15.2 Å². The van der Waals surface area contributed by atoms with E-state index in [0.717, 1.165) is 66.5 Å². The zero-order valence-electron chi connectivity index (χ0n) is 22.8. The third-order valence-electron chi connectivity index (χ3n) is 7.36. The van der Waals surface area contributed by atoms with E-state index in [1.807, 2.05) is 36.4 Å². The van der Waals surface area contributed by atoms with Crippen LogP contribution in [0.4, 0.5) is 5.69 Å². The van der Waals surface area contributed by atoms with Gasteiger partial charge < -0.3 is 0 Å². The van der Waals surface area contributed by atoms with Crippen LogP contribution < -0.4 is 8.32 Å². The van der Waals surface area contributed by atoms with Crippen molar-refractivity contribution in [2.24, 2.45) is 0 Å². The maximum absolute atomic E-state index is 12.3. The van der Waals surface area contributed by atoms with Crippen molar-refractivity contribution in [1.82, 2.24) is 0 Å². The maximum atomic E-state index is 12.3. The SMILES string of the molecule is CCC[CH2][Sn]([CH2]CCC)([CH2]CCC)[c]1cc(O)cc(OCc2ccccc2)c1-c1c(Cl)cccc1[N+](=O)[O-]. The molecule has 0 aliphatic carbocycles. The van der Waals surface area contributed by atoms with Crippen molar-refractivity contribution in [1.29, 1.82) is 0 Å². The van der Waals surface area contributed by atoms with Crippen LogP contribution in [0.2, 0.25) is 18.3 Å². The van der Waals surface area contributed by atoms with Crippen LogP contribution in [0.5, 0.6) is 11.5 Å². The normalized spacial score (nSPS) is 11.5. The predicted octanol–water partition coefficient (Wildman–Crippen LogP) is 9.26. The Morgan fingerprint density at radius 3 is 2.03 bits per heavy atom. The molecule has 0 saturated heterocycles. The van der Waals surface area contributed by atoms with Gasteiger partial charge in [0.25, 0.3) is 0 Å². The van der Waals surface area contributed by atoms with Crippen molar-refractivity contribution < 1.29 is 14.8 Å². The van der Waals surface area contributed by atoms with Gasteiger partial charge in [-0.3, -0.25) is 0 Å². The topological polar surface area (TPSA) is 72.6 Å². The van der Waals surface area contributed by atoms with E-state index >= 15 is 0 Å². The van der Waals surface area contributed by atoms with Crippen LogP contribution in [0.1, 0.15) is 64.9 Å². The van der Waals surface area contributed by atoms with E-state index in [2.05, 4.69) is 20.8 Å². The molecule has 0 heterocycles. The molecule has 204 valence electrons. The minimum atomic E-state index is -3.24. The van der Waals surface area contributed by atoms with Crippen molar-refractivity contribution in [3.63, 3.8) is 0 Å². The van der Waals surface area contributed by atoms with Crippen LogP contribution in [0.25, 0.3) is 11.1 Å². The van der Waals surface area contributed by atoms with Gasteiger partial charge in [-0.25, -0.2) is 0 Å². The zero-order valence-corrected chi connectivity index (χ0v) is 26.5. The number of rotatable bonds is 15. The second-order valence-corrected chi connectivity index (χ2v) is 23.7. The van der Waals surface area contributed by atoms with Gasteiger partial charge >= 0.3 is 237 Å². The van der Waals surface area contributed by atoms with Gasteiger partial charge in [-0.1, -0.05) is 0 Å². The summed E-state index contributed by atoms with van der Waals surface area (Å²) in [5.41, 5.74) is 2.07. The van der Waals surface area contributed by atoms with Gasteiger partial charge in [-0.15, -0.1) is 0 Å². The molecule has 0 aromatic heterocycles. The standard InChI is InChI=1S/C19H13ClNO4.3C4H9.Sn/c20-16-7-4-8-17(21(23)24)19(16)15-10-9-14(22)11-18(15)25-12-13-5-2-1-3-6-13;3*1-3-4-2;/h1-9,11,22H,12H2;3*1,3-4H2,2H3;. The number of nitro groups is 1. The molecule has 3 aromatic carbocycles. The Kier molecular flexibility index (Phi) is 11.8. The molecule has 5 nitrogen and oxygen atoms in total. The molecule has 0 aliphatic heterocycles. The summed E-state index contributed by atoms with van der Waals surface area (Å²) in [6.45, 7) is 6.93. The number of aromatic hydroxyl groups is 1. The quantitative estimate of drug-likeness (QED) is 0.102. The Morgan fingerprint density at radius 2 is 1.47 bits per heavy atom. The van der Waals surface area contributed by atoms with E-state index in [1.165, 1.54) is 6.07 Å². The second-order valence-electron chi connectivity index (χ2n) is 10.1. The number of benzene rings is 3. The molecular formula is C31H40ClNO4Sn. The molecule has 0 atom stereocenters. The van der Waals surface area contributed by atoms with Gasteiger partial charge in [0.05, 0.1) is 0 Å². The molecule has 0 radical (unpaired) electrons. The zero-order chi connectivity index (χ0) is 27.5. The molecule has 0 fully saturated rings. The molecule has 0 saturated carbocycles. The summed E-state index contributed by atoms with van der Waals surface area (Å²) in [4.78, 5) is 11.9. The average Bonchev–Trinajstić information content (AvgIpc) is 2.92. The van der Waals surface area contributed by atoms with E-state index in [4.69, 9.17) is 16.3 Å². The van der Waals surface area contributed by atoms with Crippen molar-refractivity contribution >= 4 is 39.2 Å². The van der Waals surface area contributed by atoms with Gasteiger partial charge in [-0.05, 0) is 0 Å². The van der Waals surface area contributed by atoms with Gasteiger partial charge in [-0.2, -0.15) is 0 Å². The summed E-state index contributed by atoms with van der Waals surface area (Å²) in [6.07, 6.45) is 6.62. The predicted molar refractivity (Wildman–Crippen MR) is 161 cm³/mol. The first-order valence-electron chi connectivity index (χ1n) is 13.8. The number of hydrogen-bond donors (Lipinski definition) is 1. The van der Waals surface area contributed by atoms with Crippen LogP contribution in [-0.4, -0.2) is 28.4 Å². The first-order valence-corrected chi connectivity index (χ1v) is 21.7. The number of nitro benzene ring substituents is 1. The average molecular weight is 645 g/mol. The Labute approximate surface area is 236 Å². The summed E-state index contributed by atoms with van der Waals surface area (Å²) in [5.74, 6) is 0.609. The Bertz CT molecular complexity index is 1180. The Hall–Kier alpha value is -2.25. The van der Waals surface area contributed by atoms with Crippen molar-refractivity contribution in [3.8, 4) is 22.6 Å². The van der Waals surface area contributed by atoms with E-state index in [0.29, 0.717) is 16.3 Å². The molecule has 0 bridgehead atoms. The van der Waals surface area contributed by atoms with Gasteiger partial charge in [0.15, 0.2) is 0 Å². The van der Waals surface area contributed by atoms with Crippen LogP contribution in [0.15, 0.2) is 60.7 Å². The fraction of sp³-hybridized carbons (Fsp3) is 0.419. The number of phenolic OH excluding ortho intramolecular Hbond substituents is 1. The third kappa shape index (κ3) is 7.44. The van der Waals surface area contributed by atoms with E-state index in [-0.39, 0.29) is 23.0 Å². The summed E-state index contributed by atoms with van der Waals surface area (Å²) in [6, 6.07) is 18.2. The number of unbranched alkanes of at least 4 members (excludes halogenated alkanes) is 3. The van der Waals surface area contributed by atoms with Crippen molar-refractivity contribution in [2.75, 3.05) is 0 Å². The Morgan fingerprint density at radius 1 is 0.868 bits per heavy atom. The second kappa shape index (κ2) is 14.8. The van der Waals surface area contributed by atoms with Gasteiger partial charge in [0.2, 0.25) is 0 Å². The minimum absolute atomic E-state index is 0.0318. The van der Waals surface area contributed by atoms with E-state index < -0.39 is 18.4 Å². The van der Waals surface area contributed by atoms with Crippen LogP contribution in [-0.2, 0) is 6.61 Å². The Balaban J connectivity index is 2.35.